The van der Waals surface area contributed by atoms with Crippen LogP contribution in [0.15, 0.2) is 85.1 Å². The summed E-state index contributed by atoms with van der Waals surface area (Å²) in [4.78, 5) is 21.8. The van der Waals surface area contributed by atoms with Crippen LogP contribution in [-0.4, -0.2) is 49.0 Å². The molecule has 1 amide bonds. The Labute approximate surface area is 233 Å². The number of hydrogen-bond acceptors (Lipinski definition) is 6. The summed E-state index contributed by atoms with van der Waals surface area (Å²) in [5, 5.41) is 2.90. The van der Waals surface area contributed by atoms with E-state index in [2.05, 4.69) is 27.1 Å². The molecule has 1 aromatic heterocycles. The average Bonchev–Trinajstić information content (AvgIpc) is 2.99. The van der Waals surface area contributed by atoms with Gasteiger partial charge < -0.3 is 24.6 Å². The summed E-state index contributed by atoms with van der Waals surface area (Å²) in [6.07, 6.45) is 3.11. The van der Waals surface area contributed by atoms with Crippen molar-refractivity contribution < 1.29 is 18.7 Å². The first-order chi connectivity index (χ1) is 19.5. The summed E-state index contributed by atoms with van der Waals surface area (Å²) in [5.41, 5.74) is 4.33. The number of pyridine rings is 1. The van der Waals surface area contributed by atoms with Gasteiger partial charge in [-0.15, -0.1) is 0 Å². The number of aryl methyl sites for hydroxylation is 1. The van der Waals surface area contributed by atoms with Gasteiger partial charge in [0, 0.05) is 43.5 Å². The van der Waals surface area contributed by atoms with Gasteiger partial charge in [-0.2, -0.15) is 0 Å². The molecule has 2 aliphatic rings. The average molecular weight is 539 g/mol. The highest BCUT2D eigenvalue weighted by Crippen LogP contribution is 2.37. The van der Waals surface area contributed by atoms with Gasteiger partial charge in [-0.05, 0) is 91.7 Å². The van der Waals surface area contributed by atoms with E-state index in [-0.39, 0.29) is 17.8 Å². The van der Waals surface area contributed by atoms with Crippen LogP contribution in [0.2, 0.25) is 0 Å². The van der Waals surface area contributed by atoms with E-state index >= 15 is 0 Å². The molecule has 1 unspecified atom stereocenters. The highest BCUT2D eigenvalue weighted by molar-refractivity contribution is 6.04. The van der Waals surface area contributed by atoms with Gasteiger partial charge in [-0.1, -0.05) is 12.1 Å². The summed E-state index contributed by atoms with van der Waals surface area (Å²) in [7, 11) is 2.13. The van der Waals surface area contributed by atoms with Crippen molar-refractivity contribution >= 4 is 17.3 Å². The van der Waals surface area contributed by atoms with Crippen LogP contribution in [0, 0.1) is 5.82 Å². The standard InChI is InChI=1S/C32H31FN4O3/c1-36-16-18-37(19-17-36)27-10-4-23(5-11-27)32(38)35-26-9-15-31(34-21-26)39-28-12-14-30-24(20-28)6-13-29(40-30)22-2-7-25(33)8-3-22/h2-5,7-12,14-15,20-21,29H,6,13,16-19H2,1H3,(H,35,38). The number of nitrogens with one attached hydrogen (secondary N) is 1. The largest absolute Gasteiger partial charge is 0.485 e. The second kappa shape index (κ2) is 11.4. The van der Waals surface area contributed by atoms with Crippen molar-refractivity contribution in [3.8, 4) is 17.4 Å². The molecular formula is C32H31FN4O3. The number of hydrogen-bond donors (Lipinski definition) is 1. The predicted octanol–water partition coefficient (Wildman–Crippen LogP) is 6.08. The van der Waals surface area contributed by atoms with Gasteiger partial charge in [-0.25, -0.2) is 9.37 Å². The highest BCUT2D eigenvalue weighted by Gasteiger charge is 2.22. The number of rotatable bonds is 6. The smallest absolute Gasteiger partial charge is 0.255 e. The molecule has 8 heteroatoms. The van der Waals surface area contributed by atoms with Gasteiger partial charge >= 0.3 is 0 Å². The minimum atomic E-state index is -0.253. The number of likely N-dealkylation sites (N-methyl/N-ethyl adjacent to an activating group) is 1. The Hall–Kier alpha value is -4.43. The number of benzene rings is 3. The molecule has 1 atom stereocenters. The van der Waals surface area contributed by atoms with Gasteiger partial charge in [0.1, 0.15) is 23.4 Å². The van der Waals surface area contributed by atoms with Crippen molar-refractivity contribution in [2.45, 2.75) is 18.9 Å². The summed E-state index contributed by atoms with van der Waals surface area (Å²) in [6, 6.07) is 23.4. The maximum atomic E-state index is 13.3. The predicted molar refractivity (Wildman–Crippen MR) is 153 cm³/mol. The highest BCUT2D eigenvalue weighted by atomic mass is 19.1. The Morgan fingerprint density at radius 1 is 0.975 bits per heavy atom. The molecule has 0 spiro atoms. The van der Waals surface area contributed by atoms with Crippen LogP contribution in [0.25, 0.3) is 0 Å². The van der Waals surface area contributed by atoms with E-state index in [0.29, 0.717) is 22.9 Å². The van der Waals surface area contributed by atoms with E-state index < -0.39 is 0 Å². The fraction of sp³-hybridized carbons (Fsp3) is 0.250. The van der Waals surface area contributed by atoms with Crippen LogP contribution < -0.4 is 19.7 Å². The minimum absolute atomic E-state index is 0.0980. The Bertz CT molecular complexity index is 1470. The molecule has 204 valence electrons. The summed E-state index contributed by atoms with van der Waals surface area (Å²) < 4.78 is 25.4. The first-order valence-corrected chi connectivity index (χ1v) is 13.5. The van der Waals surface area contributed by atoms with Crippen LogP contribution in [-0.2, 0) is 6.42 Å². The van der Waals surface area contributed by atoms with Gasteiger partial charge in [0.05, 0.1) is 11.9 Å². The van der Waals surface area contributed by atoms with Crippen molar-refractivity contribution in [2.24, 2.45) is 0 Å². The van der Waals surface area contributed by atoms with Crippen LogP contribution in [0.4, 0.5) is 15.8 Å². The molecule has 1 saturated heterocycles. The summed E-state index contributed by atoms with van der Waals surface area (Å²) >= 11 is 0. The van der Waals surface area contributed by atoms with Gasteiger partial charge in [-0.3, -0.25) is 4.79 Å². The second-order valence-corrected chi connectivity index (χ2v) is 10.2. The molecule has 0 aliphatic carbocycles. The summed E-state index contributed by atoms with van der Waals surface area (Å²) in [6.45, 7) is 4.04. The number of halogens is 1. The number of ether oxygens (including phenoxy) is 2. The maximum absolute atomic E-state index is 13.3. The zero-order valence-electron chi connectivity index (χ0n) is 22.3. The second-order valence-electron chi connectivity index (χ2n) is 10.2. The lowest BCUT2D eigenvalue weighted by Gasteiger charge is -2.34. The van der Waals surface area contributed by atoms with E-state index in [9.17, 15) is 9.18 Å². The minimum Gasteiger partial charge on any atom is -0.485 e. The molecule has 2 aliphatic heterocycles. The monoisotopic (exact) mass is 538 g/mol. The van der Waals surface area contributed by atoms with E-state index in [1.807, 2.05) is 42.5 Å². The molecule has 0 bridgehead atoms. The van der Waals surface area contributed by atoms with Crippen LogP contribution in [0.3, 0.4) is 0 Å². The Morgan fingerprint density at radius 2 is 1.75 bits per heavy atom. The molecule has 7 nitrogen and oxygen atoms in total. The van der Waals surface area contributed by atoms with Gasteiger partial charge in [0.2, 0.25) is 5.88 Å². The lowest BCUT2D eigenvalue weighted by Crippen LogP contribution is -2.44. The van der Waals surface area contributed by atoms with Crippen LogP contribution in [0.1, 0.15) is 34.0 Å². The maximum Gasteiger partial charge on any atom is 0.255 e. The Balaban J connectivity index is 1.04. The zero-order valence-corrected chi connectivity index (χ0v) is 22.3. The molecule has 3 aromatic carbocycles. The third kappa shape index (κ3) is 5.92. The molecule has 3 heterocycles. The number of carbonyl (C=O) groups is 1. The van der Waals surface area contributed by atoms with Gasteiger partial charge in [0.15, 0.2) is 0 Å². The SMILES string of the molecule is CN1CCN(c2ccc(C(=O)Nc3ccc(Oc4ccc5c(c4)CCC(c4ccc(F)cc4)O5)nc3)cc2)CC1. The van der Waals surface area contributed by atoms with Crippen molar-refractivity contribution in [1.82, 2.24) is 9.88 Å². The fourth-order valence-electron chi connectivity index (χ4n) is 5.07. The summed E-state index contributed by atoms with van der Waals surface area (Å²) in [5.74, 6) is 1.45. The molecule has 1 N–H and O–H groups in total. The number of fused-ring (bicyclic) bond motifs is 1. The first kappa shape index (κ1) is 25.8. The lowest BCUT2D eigenvalue weighted by molar-refractivity contribution is 0.102. The molecule has 40 heavy (non-hydrogen) atoms. The third-order valence-corrected chi connectivity index (χ3v) is 7.43. The number of amides is 1. The number of carbonyl (C=O) groups excluding carboxylic acids is 1. The zero-order chi connectivity index (χ0) is 27.5. The molecule has 1 fully saturated rings. The number of nitrogens with zero attached hydrogens (tertiary/aromatic N) is 3. The van der Waals surface area contributed by atoms with Crippen LogP contribution >= 0.6 is 0 Å². The molecule has 0 radical (unpaired) electrons. The van der Waals surface area contributed by atoms with Crippen molar-refractivity contribution in [1.29, 1.82) is 0 Å². The van der Waals surface area contributed by atoms with E-state index in [4.69, 9.17) is 9.47 Å². The fourth-order valence-corrected chi connectivity index (χ4v) is 5.07. The number of anilines is 2. The van der Waals surface area contributed by atoms with Crippen molar-refractivity contribution in [3.05, 3.63) is 108 Å². The number of piperazine rings is 1. The van der Waals surface area contributed by atoms with Crippen molar-refractivity contribution in [2.75, 3.05) is 43.4 Å². The van der Waals surface area contributed by atoms with E-state index in [1.54, 1.807) is 30.5 Å². The molecule has 0 saturated carbocycles. The Kier molecular flexibility index (Phi) is 7.33. The quantitative estimate of drug-likeness (QED) is 0.321. The van der Waals surface area contributed by atoms with Crippen molar-refractivity contribution in [3.63, 3.8) is 0 Å². The molecular weight excluding hydrogens is 507 g/mol. The normalized spacial score (nSPS) is 17.1. The molecule has 6 rings (SSSR count). The third-order valence-electron chi connectivity index (χ3n) is 7.43. The van der Waals surface area contributed by atoms with Gasteiger partial charge in [0.25, 0.3) is 5.91 Å². The Morgan fingerprint density at radius 3 is 2.48 bits per heavy atom. The number of aromatic nitrogens is 1. The first-order valence-electron chi connectivity index (χ1n) is 13.5. The van der Waals surface area contributed by atoms with E-state index in [1.165, 1.54) is 12.1 Å². The van der Waals surface area contributed by atoms with E-state index in [0.717, 1.165) is 61.6 Å². The lowest BCUT2D eigenvalue weighted by atomic mass is 9.97. The topological polar surface area (TPSA) is 66.9 Å². The molecule has 4 aromatic rings. The van der Waals surface area contributed by atoms with Crippen LogP contribution in [0.5, 0.6) is 17.4 Å².